The number of carbonyl (C=O) groups is 5. The van der Waals surface area contributed by atoms with E-state index in [9.17, 15) is 29.1 Å². The molecular weight excluding hydrogens is 364 g/mol. The predicted octanol–water partition coefficient (Wildman–Crippen LogP) is 1.45. The van der Waals surface area contributed by atoms with Crippen LogP contribution in [0.1, 0.15) is 70.7 Å². The lowest BCUT2D eigenvalue weighted by molar-refractivity contribution is -0.143. The Morgan fingerprint density at radius 2 is 1.71 bits per heavy atom. The summed E-state index contributed by atoms with van der Waals surface area (Å²) in [5.41, 5.74) is 1.33. The number of aliphatic carboxylic acids is 1. The van der Waals surface area contributed by atoms with Crippen molar-refractivity contribution in [1.82, 2.24) is 10.2 Å². The Kier molecular flexibility index (Phi) is 4.49. The molecule has 1 aromatic rings. The smallest absolute Gasteiger partial charge is 0.306 e. The van der Waals surface area contributed by atoms with Crippen molar-refractivity contribution in [2.75, 3.05) is 0 Å². The zero-order valence-corrected chi connectivity index (χ0v) is 15.1. The number of carboxylic acids is 1. The van der Waals surface area contributed by atoms with Crippen LogP contribution < -0.4 is 5.32 Å². The molecule has 1 aliphatic carbocycles. The molecule has 2 N–H and O–H groups in total. The van der Waals surface area contributed by atoms with Crippen molar-refractivity contribution in [3.8, 4) is 0 Å². The maximum Gasteiger partial charge on any atom is 0.306 e. The van der Waals surface area contributed by atoms with Gasteiger partial charge in [0, 0.05) is 6.42 Å². The normalized spacial score (nSPS) is 27.6. The molecule has 0 radical (unpaired) electrons. The third-order valence-corrected chi connectivity index (χ3v) is 6.02. The van der Waals surface area contributed by atoms with Crippen LogP contribution in [0.2, 0.25) is 0 Å². The number of hydrogen-bond acceptors (Lipinski definition) is 5. The molecule has 1 saturated carbocycles. The molecule has 3 aliphatic rings. The van der Waals surface area contributed by atoms with E-state index in [1.54, 1.807) is 12.1 Å². The Morgan fingerprint density at radius 3 is 2.36 bits per heavy atom. The summed E-state index contributed by atoms with van der Waals surface area (Å²) in [6.45, 7) is 0. The van der Waals surface area contributed by atoms with Gasteiger partial charge < -0.3 is 5.11 Å². The SMILES string of the molecule is O=C1CCC(N2C(=O)c3cccc(C4CCC(C(=O)O)CC4)c3C2=O)C(=O)N1. The van der Waals surface area contributed by atoms with Gasteiger partial charge in [0.05, 0.1) is 17.0 Å². The summed E-state index contributed by atoms with van der Waals surface area (Å²) in [4.78, 5) is 61.7. The van der Waals surface area contributed by atoms with E-state index in [1.165, 1.54) is 0 Å². The molecule has 2 heterocycles. The second-order valence-corrected chi connectivity index (χ2v) is 7.60. The molecule has 1 saturated heterocycles. The van der Waals surface area contributed by atoms with Crippen molar-refractivity contribution in [3.63, 3.8) is 0 Å². The van der Waals surface area contributed by atoms with Crippen molar-refractivity contribution in [2.45, 2.75) is 50.5 Å². The first-order chi connectivity index (χ1) is 13.4. The van der Waals surface area contributed by atoms with Gasteiger partial charge in [0.25, 0.3) is 11.8 Å². The molecule has 1 atom stereocenters. The lowest BCUT2D eigenvalue weighted by Crippen LogP contribution is -2.54. The van der Waals surface area contributed by atoms with E-state index in [-0.39, 0.29) is 30.2 Å². The molecule has 28 heavy (non-hydrogen) atoms. The predicted molar refractivity (Wildman–Crippen MR) is 95.4 cm³/mol. The van der Waals surface area contributed by atoms with E-state index in [0.29, 0.717) is 31.2 Å². The molecule has 1 aromatic carbocycles. The molecular formula is C20H20N2O6. The first-order valence-corrected chi connectivity index (χ1v) is 9.45. The maximum atomic E-state index is 13.1. The van der Waals surface area contributed by atoms with Gasteiger partial charge in [-0.05, 0) is 49.7 Å². The van der Waals surface area contributed by atoms with Crippen molar-refractivity contribution in [2.24, 2.45) is 5.92 Å². The zero-order valence-electron chi connectivity index (χ0n) is 15.1. The Morgan fingerprint density at radius 1 is 1.00 bits per heavy atom. The first-order valence-electron chi connectivity index (χ1n) is 9.45. The maximum absolute atomic E-state index is 13.1. The van der Waals surface area contributed by atoms with Gasteiger partial charge >= 0.3 is 5.97 Å². The molecule has 8 nitrogen and oxygen atoms in total. The lowest BCUT2D eigenvalue weighted by atomic mass is 9.77. The number of carboxylic acid groups (broad SMARTS) is 1. The first kappa shape index (κ1) is 18.3. The highest BCUT2D eigenvalue weighted by Crippen LogP contribution is 2.40. The Balaban J connectivity index is 1.63. The molecule has 146 valence electrons. The number of imide groups is 2. The van der Waals surface area contributed by atoms with Gasteiger partial charge in [-0.2, -0.15) is 0 Å². The molecule has 0 aromatic heterocycles. The number of piperidine rings is 1. The van der Waals surface area contributed by atoms with E-state index in [4.69, 9.17) is 0 Å². The van der Waals surface area contributed by atoms with Gasteiger partial charge in [0.15, 0.2) is 0 Å². The van der Waals surface area contributed by atoms with Crippen LogP contribution in [-0.2, 0) is 14.4 Å². The van der Waals surface area contributed by atoms with Crippen molar-refractivity contribution in [1.29, 1.82) is 0 Å². The standard InChI is InChI=1S/C20H20N2O6/c23-15-9-8-14(17(24)21-15)22-18(25)13-3-1-2-12(16(13)19(22)26)10-4-6-11(7-5-10)20(27)28/h1-3,10-11,14H,4-9H2,(H,27,28)(H,21,23,24). The number of carbonyl (C=O) groups excluding carboxylic acids is 4. The van der Waals surface area contributed by atoms with Gasteiger partial charge in [-0.1, -0.05) is 12.1 Å². The quantitative estimate of drug-likeness (QED) is 0.761. The summed E-state index contributed by atoms with van der Waals surface area (Å²) >= 11 is 0. The average molecular weight is 384 g/mol. The van der Waals surface area contributed by atoms with Crippen LogP contribution in [0.3, 0.4) is 0 Å². The van der Waals surface area contributed by atoms with Crippen LogP contribution in [0.4, 0.5) is 0 Å². The fraction of sp³-hybridized carbons (Fsp3) is 0.450. The largest absolute Gasteiger partial charge is 0.481 e. The van der Waals surface area contributed by atoms with Crippen molar-refractivity contribution >= 4 is 29.6 Å². The van der Waals surface area contributed by atoms with E-state index in [0.717, 1.165) is 10.5 Å². The van der Waals surface area contributed by atoms with E-state index >= 15 is 0 Å². The Hall–Kier alpha value is -3.03. The highest BCUT2D eigenvalue weighted by Gasteiger charge is 2.46. The van der Waals surface area contributed by atoms with Gasteiger partial charge in [0.1, 0.15) is 6.04 Å². The van der Waals surface area contributed by atoms with Crippen LogP contribution in [0.15, 0.2) is 18.2 Å². The minimum Gasteiger partial charge on any atom is -0.481 e. The molecule has 4 rings (SSSR count). The molecule has 2 aliphatic heterocycles. The fourth-order valence-electron chi connectivity index (χ4n) is 4.53. The molecule has 1 unspecified atom stereocenters. The summed E-state index contributed by atoms with van der Waals surface area (Å²) in [5, 5.41) is 11.4. The van der Waals surface area contributed by atoms with Gasteiger partial charge in [-0.25, -0.2) is 0 Å². The number of nitrogens with one attached hydrogen (secondary N) is 1. The van der Waals surface area contributed by atoms with Gasteiger partial charge in [-0.15, -0.1) is 0 Å². The monoisotopic (exact) mass is 384 g/mol. The summed E-state index contributed by atoms with van der Waals surface area (Å²) in [7, 11) is 0. The number of nitrogens with zero attached hydrogens (tertiary/aromatic N) is 1. The summed E-state index contributed by atoms with van der Waals surface area (Å²) in [6.07, 6.45) is 2.52. The highest BCUT2D eigenvalue weighted by atomic mass is 16.4. The summed E-state index contributed by atoms with van der Waals surface area (Å²) in [6, 6.07) is 4.12. The third-order valence-electron chi connectivity index (χ3n) is 6.02. The zero-order chi connectivity index (χ0) is 20.0. The lowest BCUT2D eigenvalue weighted by Gasteiger charge is -2.29. The average Bonchev–Trinajstić information content (AvgIpc) is 2.93. The second-order valence-electron chi connectivity index (χ2n) is 7.60. The van der Waals surface area contributed by atoms with Gasteiger partial charge in [0.2, 0.25) is 11.8 Å². The van der Waals surface area contributed by atoms with Crippen LogP contribution >= 0.6 is 0 Å². The summed E-state index contributed by atoms with van der Waals surface area (Å²) < 4.78 is 0. The molecule has 8 heteroatoms. The molecule has 0 spiro atoms. The Bertz CT molecular complexity index is 900. The molecule has 2 fully saturated rings. The molecule has 0 bridgehead atoms. The number of fused-ring (bicyclic) bond motifs is 1. The topological polar surface area (TPSA) is 121 Å². The van der Waals surface area contributed by atoms with Gasteiger partial charge in [-0.3, -0.25) is 34.2 Å². The van der Waals surface area contributed by atoms with Crippen molar-refractivity contribution in [3.05, 3.63) is 34.9 Å². The number of benzene rings is 1. The minimum absolute atomic E-state index is 0.00371. The Labute approximate surface area is 160 Å². The van der Waals surface area contributed by atoms with E-state index in [1.807, 2.05) is 6.07 Å². The minimum atomic E-state index is -0.985. The number of rotatable bonds is 3. The number of amides is 4. The summed E-state index contributed by atoms with van der Waals surface area (Å²) in [5.74, 6) is -3.23. The van der Waals surface area contributed by atoms with Crippen LogP contribution in [0.25, 0.3) is 0 Å². The van der Waals surface area contributed by atoms with Crippen LogP contribution in [0.5, 0.6) is 0 Å². The van der Waals surface area contributed by atoms with Crippen LogP contribution in [-0.4, -0.2) is 45.6 Å². The van der Waals surface area contributed by atoms with E-state index in [2.05, 4.69) is 5.32 Å². The number of hydrogen-bond donors (Lipinski definition) is 2. The fourth-order valence-corrected chi connectivity index (χ4v) is 4.53. The van der Waals surface area contributed by atoms with Crippen LogP contribution in [0, 0.1) is 5.92 Å². The molecule has 4 amide bonds. The van der Waals surface area contributed by atoms with Crippen molar-refractivity contribution < 1.29 is 29.1 Å². The third kappa shape index (κ3) is 2.89. The van der Waals surface area contributed by atoms with E-state index < -0.39 is 35.6 Å². The highest BCUT2D eigenvalue weighted by molar-refractivity contribution is 6.24. The second kappa shape index (κ2) is 6.85.